The number of carboxylic acids is 1. The Labute approximate surface area is 250 Å². The van der Waals surface area contributed by atoms with Crippen LogP contribution in [0.5, 0.6) is 0 Å². The fraction of sp³-hybridized carbons (Fsp3) is 0.118. The van der Waals surface area contributed by atoms with Crippen molar-refractivity contribution >= 4 is 34.3 Å². The van der Waals surface area contributed by atoms with E-state index in [1.54, 1.807) is 72.8 Å². The SMILES string of the molecule is O=C(O)CCNC(=O)c1ccc(NCc2cccc(-c3c(C(=O)c4ccccc4)cnc4c(C(F)(F)F)cccc34)c2)cc1. The highest BCUT2D eigenvalue weighted by Crippen LogP contribution is 2.39. The van der Waals surface area contributed by atoms with Crippen LogP contribution in [0, 0.1) is 0 Å². The van der Waals surface area contributed by atoms with Crippen molar-refractivity contribution in [3.05, 3.63) is 131 Å². The number of halogens is 3. The van der Waals surface area contributed by atoms with Gasteiger partial charge in [-0.1, -0.05) is 60.7 Å². The summed E-state index contributed by atoms with van der Waals surface area (Å²) in [6.45, 7) is 0.365. The predicted octanol–water partition coefficient (Wildman–Crippen LogP) is 6.97. The first-order chi connectivity index (χ1) is 21.1. The number of amides is 1. The molecular weight excluding hydrogens is 571 g/mol. The lowest BCUT2D eigenvalue weighted by atomic mass is 9.90. The van der Waals surface area contributed by atoms with Gasteiger partial charge in [-0.3, -0.25) is 19.4 Å². The monoisotopic (exact) mass is 597 g/mol. The summed E-state index contributed by atoms with van der Waals surface area (Å²) >= 11 is 0. The van der Waals surface area contributed by atoms with Crippen molar-refractivity contribution in [3.63, 3.8) is 0 Å². The second kappa shape index (κ2) is 12.8. The number of ketones is 1. The Morgan fingerprint density at radius 2 is 1.55 bits per heavy atom. The van der Waals surface area contributed by atoms with Crippen LogP contribution in [-0.2, 0) is 17.5 Å². The molecule has 0 bridgehead atoms. The molecule has 0 radical (unpaired) electrons. The molecule has 0 unspecified atom stereocenters. The number of hydrogen-bond donors (Lipinski definition) is 3. The van der Waals surface area contributed by atoms with Gasteiger partial charge in [-0.25, -0.2) is 0 Å². The van der Waals surface area contributed by atoms with Gasteiger partial charge < -0.3 is 15.7 Å². The molecule has 10 heteroatoms. The zero-order valence-corrected chi connectivity index (χ0v) is 23.2. The smallest absolute Gasteiger partial charge is 0.418 e. The largest absolute Gasteiger partial charge is 0.481 e. The molecule has 0 fully saturated rings. The number of carboxylic acid groups (broad SMARTS) is 1. The fourth-order valence-electron chi connectivity index (χ4n) is 4.85. The number of para-hydroxylation sites is 1. The zero-order chi connectivity index (χ0) is 31.3. The summed E-state index contributed by atoms with van der Waals surface area (Å²) < 4.78 is 41.7. The Morgan fingerprint density at radius 1 is 0.818 bits per heavy atom. The van der Waals surface area contributed by atoms with Crippen molar-refractivity contribution in [1.82, 2.24) is 10.3 Å². The number of pyridine rings is 1. The summed E-state index contributed by atoms with van der Waals surface area (Å²) in [6, 6.07) is 26.1. The molecule has 222 valence electrons. The zero-order valence-electron chi connectivity index (χ0n) is 23.2. The van der Waals surface area contributed by atoms with Crippen LogP contribution in [-0.4, -0.2) is 34.3 Å². The topological polar surface area (TPSA) is 108 Å². The summed E-state index contributed by atoms with van der Waals surface area (Å²) in [7, 11) is 0. The number of anilines is 1. The van der Waals surface area contributed by atoms with E-state index >= 15 is 0 Å². The van der Waals surface area contributed by atoms with Crippen LogP contribution in [0.25, 0.3) is 22.0 Å². The Bertz CT molecular complexity index is 1840. The predicted molar refractivity (Wildman–Crippen MR) is 160 cm³/mol. The lowest BCUT2D eigenvalue weighted by molar-refractivity contribution is -0.137. The molecule has 5 rings (SSSR count). The molecule has 0 atom stereocenters. The third-order valence-corrected chi connectivity index (χ3v) is 6.97. The molecule has 0 saturated carbocycles. The molecule has 7 nitrogen and oxygen atoms in total. The highest BCUT2D eigenvalue weighted by Gasteiger charge is 2.34. The molecule has 44 heavy (non-hydrogen) atoms. The number of benzene rings is 4. The molecule has 1 aromatic heterocycles. The van der Waals surface area contributed by atoms with Crippen LogP contribution in [0.15, 0.2) is 103 Å². The van der Waals surface area contributed by atoms with Crippen LogP contribution in [0.2, 0.25) is 0 Å². The third-order valence-electron chi connectivity index (χ3n) is 6.97. The first-order valence-electron chi connectivity index (χ1n) is 13.6. The number of nitrogens with one attached hydrogen (secondary N) is 2. The average Bonchev–Trinajstić information content (AvgIpc) is 3.02. The molecule has 0 aliphatic heterocycles. The molecule has 3 N–H and O–H groups in total. The lowest BCUT2D eigenvalue weighted by Crippen LogP contribution is -2.25. The molecule has 1 amide bonds. The van der Waals surface area contributed by atoms with Gasteiger partial charge in [0, 0.05) is 52.6 Å². The minimum atomic E-state index is -4.63. The second-order valence-electron chi connectivity index (χ2n) is 9.97. The normalized spacial score (nSPS) is 11.2. The quantitative estimate of drug-likeness (QED) is 0.150. The maximum atomic E-state index is 13.9. The Hall–Kier alpha value is -5.51. The van der Waals surface area contributed by atoms with Gasteiger partial charge >= 0.3 is 12.1 Å². The van der Waals surface area contributed by atoms with Crippen LogP contribution in [0.3, 0.4) is 0 Å². The Morgan fingerprint density at radius 3 is 2.25 bits per heavy atom. The third kappa shape index (κ3) is 6.75. The second-order valence-corrected chi connectivity index (χ2v) is 9.97. The maximum Gasteiger partial charge on any atom is 0.418 e. The van der Waals surface area contributed by atoms with E-state index in [0.717, 1.165) is 11.6 Å². The molecule has 0 aliphatic rings. The van der Waals surface area contributed by atoms with E-state index in [9.17, 15) is 27.6 Å². The first kappa shape index (κ1) is 30.0. The summed E-state index contributed by atoms with van der Waals surface area (Å²) in [5, 5.41) is 14.7. The van der Waals surface area contributed by atoms with Crippen molar-refractivity contribution < 1.29 is 32.7 Å². The number of aromatic nitrogens is 1. The van der Waals surface area contributed by atoms with Crippen molar-refractivity contribution in [2.45, 2.75) is 19.1 Å². The van der Waals surface area contributed by atoms with Gasteiger partial charge in [-0.05, 0) is 47.5 Å². The fourth-order valence-corrected chi connectivity index (χ4v) is 4.85. The van der Waals surface area contributed by atoms with Crippen molar-refractivity contribution in [3.8, 4) is 11.1 Å². The van der Waals surface area contributed by atoms with E-state index in [0.29, 0.717) is 34.5 Å². The van der Waals surface area contributed by atoms with E-state index in [-0.39, 0.29) is 41.1 Å². The standard InChI is InChI=1S/C34H26F3N3O4/c35-34(36,37)28-11-5-10-26-30(27(20-40-31(26)28)32(43)22-7-2-1-3-8-22)24-9-4-6-21(18-24)19-39-25-14-12-23(13-15-25)33(44)38-17-16-29(41)42/h1-15,18,20,39H,16-17,19H2,(H,38,44)(H,41,42). The average molecular weight is 598 g/mol. The van der Waals surface area contributed by atoms with Crippen LogP contribution in [0.4, 0.5) is 18.9 Å². The van der Waals surface area contributed by atoms with Gasteiger partial charge in [0.15, 0.2) is 5.78 Å². The van der Waals surface area contributed by atoms with E-state index in [2.05, 4.69) is 15.6 Å². The Balaban J connectivity index is 1.45. The number of hydrogen-bond acceptors (Lipinski definition) is 5. The molecular formula is C34H26F3N3O4. The Kier molecular flexibility index (Phi) is 8.71. The van der Waals surface area contributed by atoms with Crippen LogP contribution >= 0.6 is 0 Å². The molecule has 4 aromatic carbocycles. The molecule has 0 spiro atoms. The van der Waals surface area contributed by atoms with Crippen molar-refractivity contribution in [2.24, 2.45) is 0 Å². The number of alkyl halides is 3. The van der Waals surface area contributed by atoms with Gasteiger partial charge in [0.05, 0.1) is 17.5 Å². The van der Waals surface area contributed by atoms with Gasteiger partial charge in [0.25, 0.3) is 5.91 Å². The number of carbonyl (C=O) groups is 3. The van der Waals surface area contributed by atoms with E-state index in [4.69, 9.17) is 5.11 Å². The van der Waals surface area contributed by atoms with Crippen molar-refractivity contribution in [1.29, 1.82) is 0 Å². The number of aliphatic carboxylic acids is 1. The van der Waals surface area contributed by atoms with Gasteiger partial charge in [0.2, 0.25) is 0 Å². The van der Waals surface area contributed by atoms with E-state index < -0.39 is 17.7 Å². The van der Waals surface area contributed by atoms with E-state index in [1.165, 1.54) is 12.3 Å². The molecule has 5 aromatic rings. The lowest BCUT2D eigenvalue weighted by Gasteiger charge is -2.16. The van der Waals surface area contributed by atoms with Crippen LogP contribution in [0.1, 0.15) is 43.8 Å². The number of rotatable bonds is 10. The molecule has 0 aliphatic carbocycles. The summed E-state index contributed by atoms with van der Waals surface area (Å²) in [5.41, 5.74) is 2.25. The highest BCUT2D eigenvalue weighted by atomic mass is 19.4. The number of carbonyl (C=O) groups excluding carboxylic acids is 2. The minimum Gasteiger partial charge on any atom is -0.481 e. The van der Waals surface area contributed by atoms with Gasteiger partial charge in [-0.15, -0.1) is 0 Å². The molecule has 1 heterocycles. The summed E-state index contributed by atoms with van der Waals surface area (Å²) in [5.74, 6) is -1.75. The first-order valence-corrected chi connectivity index (χ1v) is 13.6. The number of fused-ring (bicyclic) bond motifs is 1. The van der Waals surface area contributed by atoms with E-state index in [1.807, 2.05) is 12.1 Å². The minimum absolute atomic E-state index is 0.0213. The summed E-state index contributed by atoms with van der Waals surface area (Å²) in [6.07, 6.45) is -3.59. The summed E-state index contributed by atoms with van der Waals surface area (Å²) in [4.78, 5) is 40.6. The van der Waals surface area contributed by atoms with Gasteiger partial charge in [-0.2, -0.15) is 13.2 Å². The van der Waals surface area contributed by atoms with Crippen molar-refractivity contribution in [2.75, 3.05) is 11.9 Å². The van der Waals surface area contributed by atoms with Crippen LogP contribution < -0.4 is 10.6 Å². The van der Waals surface area contributed by atoms with Gasteiger partial charge in [0.1, 0.15) is 0 Å². The number of nitrogens with zero attached hydrogens (tertiary/aromatic N) is 1. The molecule has 0 saturated heterocycles. The maximum absolute atomic E-state index is 13.9. The highest BCUT2D eigenvalue weighted by molar-refractivity contribution is 6.16.